The lowest BCUT2D eigenvalue weighted by Crippen LogP contribution is -2.44. The quantitative estimate of drug-likeness (QED) is 0.116. The Kier molecular flexibility index (Phi) is 10.6. The summed E-state index contributed by atoms with van der Waals surface area (Å²) in [6.07, 6.45) is 9.26. The topological polar surface area (TPSA) is 129 Å². The van der Waals surface area contributed by atoms with Gasteiger partial charge in [-0.05, 0) is 101 Å². The number of piperidine rings is 1. The standard InChI is InChI=1S/C34H45FN8O/c1-23(36)7-3-8-27-9-4-11-30(39-27)31-21-26-22-43(34(44)41-33(26)40-31)29-15-13-25(14-16-29)32-12-5-10-28(17-19-38-24(2)37)42(32)20-6-18-35/h4,9,11,13-16,21-23,28,32H,3,5-8,10,12,17-20,36H2,1-2H3,(H2,37,38)(H,40,41,44)/t23-,28?,32-/m0/s1. The minimum Gasteiger partial charge on any atom is -0.374 e. The molecule has 0 bridgehead atoms. The largest absolute Gasteiger partial charge is 0.374 e. The van der Waals surface area contributed by atoms with Gasteiger partial charge < -0.3 is 16.0 Å². The van der Waals surface area contributed by atoms with E-state index in [-0.39, 0.29) is 24.4 Å². The maximum Gasteiger partial charge on any atom is 0.354 e. The van der Waals surface area contributed by atoms with Crippen molar-refractivity contribution in [2.75, 3.05) is 19.8 Å². The highest BCUT2D eigenvalue weighted by molar-refractivity contribution is 5.81. The predicted molar refractivity (Wildman–Crippen MR) is 175 cm³/mol. The van der Waals surface area contributed by atoms with Gasteiger partial charge in [-0.25, -0.2) is 4.79 Å². The molecule has 1 unspecified atom stereocenters. The maximum atomic E-state index is 13.2. The minimum atomic E-state index is -0.354. The van der Waals surface area contributed by atoms with Crippen molar-refractivity contribution in [1.29, 1.82) is 5.41 Å². The van der Waals surface area contributed by atoms with Crippen molar-refractivity contribution < 1.29 is 4.39 Å². The number of alkyl halides is 1. The summed E-state index contributed by atoms with van der Waals surface area (Å²) in [7, 11) is 0. The third kappa shape index (κ3) is 7.78. The van der Waals surface area contributed by atoms with Crippen molar-refractivity contribution in [3.8, 4) is 17.1 Å². The molecular formula is C34H45FN8O. The second-order valence-corrected chi connectivity index (χ2v) is 12.1. The Balaban J connectivity index is 1.35. The van der Waals surface area contributed by atoms with E-state index >= 15 is 0 Å². The molecule has 44 heavy (non-hydrogen) atoms. The zero-order chi connectivity index (χ0) is 31.1. The highest BCUT2D eigenvalue weighted by Gasteiger charge is 2.31. The smallest absolute Gasteiger partial charge is 0.354 e. The number of nitrogens with zero attached hydrogens (tertiary/aromatic N) is 4. The van der Waals surface area contributed by atoms with Gasteiger partial charge in [0.15, 0.2) is 0 Å². The number of likely N-dealkylation sites (tertiary alicyclic amines) is 1. The highest BCUT2D eigenvalue weighted by Crippen LogP contribution is 2.36. The van der Waals surface area contributed by atoms with Crippen molar-refractivity contribution in [2.24, 2.45) is 5.73 Å². The van der Waals surface area contributed by atoms with E-state index in [1.165, 1.54) is 5.56 Å². The van der Waals surface area contributed by atoms with Crippen LogP contribution in [0.5, 0.6) is 0 Å². The first-order valence-corrected chi connectivity index (χ1v) is 15.9. The van der Waals surface area contributed by atoms with Crippen LogP contribution in [0.4, 0.5) is 4.39 Å². The second-order valence-electron chi connectivity index (χ2n) is 12.1. The van der Waals surface area contributed by atoms with E-state index in [0.717, 1.165) is 79.6 Å². The van der Waals surface area contributed by atoms with Gasteiger partial charge in [-0.2, -0.15) is 4.98 Å². The Bertz CT molecular complexity index is 1600. The molecule has 0 spiro atoms. The Morgan fingerprint density at radius 3 is 2.75 bits per heavy atom. The third-order valence-electron chi connectivity index (χ3n) is 8.54. The van der Waals surface area contributed by atoms with E-state index in [4.69, 9.17) is 16.1 Å². The van der Waals surface area contributed by atoms with Crippen LogP contribution in [0.3, 0.4) is 0 Å². The molecule has 1 fully saturated rings. The average Bonchev–Trinajstić information content (AvgIpc) is 3.43. The van der Waals surface area contributed by atoms with Gasteiger partial charge in [0.25, 0.3) is 0 Å². The number of H-pyrrole nitrogens is 1. The molecule has 9 nitrogen and oxygen atoms in total. The second kappa shape index (κ2) is 14.7. The first-order valence-electron chi connectivity index (χ1n) is 15.9. The van der Waals surface area contributed by atoms with Gasteiger partial charge in [-0.15, -0.1) is 0 Å². The fraction of sp³-hybridized carbons (Fsp3) is 0.471. The highest BCUT2D eigenvalue weighted by atomic mass is 19.1. The molecular weight excluding hydrogens is 555 g/mol. The van der Waals surface area contributed by atoms with Crippen LogP contribution >= 0.6 is 0 Å². The van der Waals surface area contributed by atoms with E-state index in [9.17, 15) is 9.18 Å². The molecule has 10 heteroatoms. The van der Waals surface area contributed by atoms with Crippen molar-refractivity contribution in [3.05, 3.63) is 76.5 Å². The number of aromatic nitrogens is 4. The van der Waals surface area contributed by atoms with Gasteiger partial charge in [0, 0.05) is 48.5 Å². The number of amidine groups is 1. The zero-order valence-corrected chi connectivity index (χ0v) is 25.9. The SMILES string of the molecule is CC(=N)NCCC1CCC[C@@H](c2ccc(-n3cc4cc(-c5cccc(CCC[C@H](C)N)n5)[nH]c4nc3=O)cc2)N1CCCF. The van der Waals surface area contributed by atoms with E-state index in [1.807, 2.05) is 49.5 Å². The summed E-state index contributed by atoms with van der Waals surface area (Å²) in [5, 5.41) is 11.6. The maximum absolute atomic E-state index is 13.2. The number of hydrogen-bond acceptors (Lipinski definition) is 6. The monoisotopic (exact) mass is 600 g/mol. The molecule has 1 aromatic carbocycles. The Hall–Kier alpha value is -3.89. The average molecular weight is 601 g/mol. The fourth-order valence-corrected chi connectivity index (χ4v) is 6.36. The molecule has 1 aliphatic rings. The molecule has 0 radical (unpaired) electrons. The van der Waals surface area contributed by atoms with Crippen LogP contribution in [-0.2, 0) is 6.42 Å². The van der Waals surface area contributed by atoms with Gasteiger partial charge in [0.05, 0.1) is 29.6 Å². The number of fused-ring (bicyclic) bond motifs is 1. The molecule has 5 rings (SSSR count). The number of rotatable bonds is 13. The number of benzene rings is 1. The van der Waals surface area contributed by atoms with E-state index in [1.54, 1.807) is 11.5 Å². The van der Waals surface area contributed by atoms with Crippen LogP contribution < -0.4 is 16.7 Å². The van der Waals surface area contributed by atoms with Crippen LogP contribution in [0.15, 0.2) is 59.5 Å². The number of aromatic amines is 1. The number of hydrogen-bond donors (Lipinski definition) is 4. The van der Waals surface area contributed by atoms with Gasteiger partial charge >= 0.3 is 5.69 Å². The number of halogens is 1. The van der Waals surface area contributed by atoms with Crippen LogP contribution in [0, 0.1) is 5.41 Å². The summed E-state index contributed by atoms with van der Waals surface area (Å²) in [4.78, 5) is 28.0. The third-order valence-corrected chi connectivity index (χ3v) is 8.54. The fourth-order valence-electron chi connectivity index (χ4n) is 6.36. The molecule has 0 saturated carbocycles. The van der Waals surface area contributed by atoms with Crippen LogP contribution in [0.2, 0.25) is 0 Å². The lowest BCUT2D eigenvalue weighted by Gasteiger charge is -2.43. The van der Waals surface area contributed by atoms with Crippen molar-refractivity contribution in [3.63, 3.8) is 0 Å². The first kappa shape index (κ1) is 31.5. The molecule has 4 aromatic rings. The molecule has 1 aliphatic heterocycles. The van der Waals surface area contributed by atoms with E-state index in [0.29, 0.717) is 30.5 Å². The molecule has 3 aromatic heterocycles. The van der Waals surface area contributed by atoms with Gasteiger partial charge in [-0.1, -0.05) is 18.2 Å². The summed E-state index contributed by atoms with van der Waals surface area (Å²) < 4.78 is 14.8. The van der Waals surface area contributed by atoms with E-state index < -0.39 is 0 Å². The van der Waals surface area contributed by atoms with Gasteiger partial charge in [-0.3, -0.25) is 24.3 Å². The molecule has 1 saturated heterocycles. The van der Waals surface area contributed by atoms with Crippen LogP contribution in [-0.4, -0.2) is 62.1 Å². The summed E-state index contributed by atoms with van der Waals surface area (Å²) in [5.41, 5.74) is 10.6. The molecule has 234 valence electrons. The van der Waals surface area contributed by atoms with Gasteiger partial charge in [0.2, 0.25) is 0 Å². The van der Waals surface area contributed by atoms with Crippen molar-refractivity contribution >= 4 is 16.9 Å². The molecule has 5 N–H and O–H groups in total. The molecule has 3 atom stereocenters. The Labute approximate surface area is 258 Å². The van der Waals surface area contributed by atoms with E-state index in [2.05, 4.69) is 32.3 Å². The summed E-state index contributed by atoms with van der Waals surface area (Å²) in [6.45, 7) is 4.89. The van der Waals surface area contributed by atoms with Crippen molar-refractivity contribution in [1.82, 2.24) is 29.7 Å². The molecule has 0 amide bonds. The Morgan fingerprint density at radius 1 is 1.18 bits per heavy atom. The summed E-state index contributed by atoms with van der Waals surface area (Å²) >= 11 is 0. The summed E-state index contributed by atoms with van der Waals surface area (Å²) in [6, 6.07) is 16.8. The van der Waals surface area contributed by atoms with Crippen LogP contribution in [0.25, 0.3) is 28.1 Å². The first-order chi connectivity index (χ1) is 21.3. The molecule has 0 aliphatic carbocycles. The lowest BCUT2D eigenvalue weighted by atomic mass is 9.89. The predicted octanol–water partition coefficient (Wildman–Crippen LogP) is 5.68. The zero-order valence-electron chi connectivity index (χ0n) is 25.9. The number of nitrogens with two attached hydrogens (primary N) is 1. The van der Waals surface area contributed by atoms with Crippen molar-refractivity contribution in [2.45, 2.75) is 83.3 Å². The molecule has 4 heterocycles. The lowest BCUT2D eigenvalue weighted by molar-refractivity contribution is 0.0741. The number of pyridine rings is 1. The Morgan fingerprint density at radius 2 is 2.00 bits per heavy atom. The summed E-state index contributed by atoms with van der Waals surface area (Å²) in [5.74, 6) is 0.469. The normalized spacial score (nSPS) is 18.0. The minimum absolute atomic E-state index is 0.180. The van der Waals surface area contributed by atoms with Crippen LogP contribution in [0.1, 0.15) is 76.1 Å². The number of aryl methyl sites for hydroxylation is 1. The van der Waals surface area contributed by atoms with Gasteiger partial charge in [0.1, 0.15) is 5.65 Å². The number of nitrogens with one attached hydrogen (secondary N) is 3.